The summed E-state index contributed by atoms with van der Waals surface area (Å²) in [6.07, 6.45) is -4.79. The van der Waals surface area contributed by atoms with E-state index in [0.717, 1.165) is 0 Å². The molecular weight excluding hydrogens is 197 g/mol. The number of hydrogen-bond acceptors (Lipinski definition) is 3. The Hall–Kier alpha value is -1.77. The second kappa shape index (κ2) is 3.54. The lowest BCUT2D eigenvalue weighted by molar-refractivity contribution is -0.276. The van der Waals surface area contributed by atoms with E-state index >= 15 is 0 Å². The van der Waals surface area contributed by atoms with Gasteiger partial charge in [-0.2, -0.15) is 5.26 Å². The molecule has 0 N–H and O–H groups in total. The Morgan fingerprint density at radius 1 is 1.43 bits per heavy atom. The van der Waals surface area contributed by atoms with E-state index in [0.29, 0.717) is 0 Å². The third kappa shape index (κ3) is 2.62. The molecule has 0 radical (unpaired) electrons. The second-order valence-corrected chi connectivity index (χ2v) is 2.48. The van der Waals surface area contributed by atoms with Gasteiger partial charge in [0, 0.05) is 5.56 Å². The lowest BCUT2D eigenvalue weighted by Crippen LogP contribution is -2.18. The van der Waals surface area contributed by atoms with E-state index in [9.17, 15) is 13.2 Å². The van der Waals surface area contributed by atoms with Crippen molar-refractivity contribution in [3.63, 3.8) is 0 Å². The highest BCUT2D eigenvalue weighted by atomic mass is 19.4. The van der Waals surface area contributed by atoms with Gasteiger partial charge >= 0.3 is 6.36 Å². The average molecular weight is 202 g/mol. The normalized spacial score (nSPS) is 10.8. The van der Waals surface area contributed by atoms with Gasteiger partial charge in [0.2, 0.25) is 5.88 Å². The van der Waals surface area contributed by atoms with E-state index in [-0.39, 0.29) is 11.3 Å². The zero-order valence-electron chi connectivity index (χ0n) is 7.09. The molecule has 0 bridgehead atoms. The fourth-order valence-electron chi connectivity index (χ4n) is 0.785. The minimum atomic E-state index is -4.79. The maximum Gasteiger partial charge on any atom is 0.574 e. The van der Waals surface area contributed by atoms with Gasteiger partial charge in [-0.15, -0.1) is 13.2 Å². The Labute approximate surface area is 77.7 Å². The monoisotopic (exact) mass is 202 g/mol. The molecular formula is C8H5F3N2O. The minimum Gasteiger partial charge on any atom is -0.388 e. The number of halogens is 3. The first kappa shape index (κ1) is 10.3. The van der Waals surface area contributed by atoms with Gasteiger partial charge in [-0.3, -0.25) is 0 Å². The van der Waals surface area contributed by atoms with E-state index in [4.69, 9.17) is 5.26 Å². The van der Waals surface area contributed by atoms with Crippen LogP contribution in [0.5, 0.6) is 5.88 Å². The van der Waals surface area contributed by atoms with Crippen molar-refractivity contribution in [2.75, 3.05) is 0 Å². The average Bonchev–Trinajstić information content (AvgIpc) is 2.06. The molecule has 0 aliphatic rings. The zero-order valence-corrected chi connectivity index (χ0v) is 7.09. The number of aromatic nitrogens is 1. The molecule has 0 saturated heterocycles. The number of hydrogen-bond donors (Lipinski definition) is 0. The second-order valence-electron chi connectivity index (χ2n) is 2.48. The Morgan fingerprint density at radius 2 is 2.07 bits per heavy atom. The van der Waals surface area contributed by atoms with Crippen molar-refractivity contribution in [1.29, 1.82) is 5.26 Å². The van der Waals surface area contributed by atoms with Gasteiger partial charge < -0.3 is 4.74 Å². The van der Waals surface area contributed by atoms with Crippen molar-refractivity contribution in [1.82, 2.24) is 4.98 Å². The molecule has 3 nitrogen and oxygen atoms in total. The van der Waals surface area contributed by atoms with Crippen molar-refractivity contribution in [3.05, 3.63) is 23.4 Å². The van der Waals surface area contributed by atoms with Gasteiger partial charge in [0.15, 0.2) is 0 Å². The highest BCUT2D eigenvalue weighted by molar-refractivity contribution is 5.31. The topological polar surface area (TPSA) is 45.9 Å². The number of aryl methyl sites for hydroxylation is 1. The van der Waals surface area contributed by atoms with Crippen LogP contribution >= 0.6 is 0 Å². The van der Waals surface area contributed by atoms with Crippen molar-refractivity contribution >= 4 is 0 Å². The lowest BCUT2D eigenvalue weighted by atomic mass is 10.3. The number of ether oxygens (including phenoxy) is 1. The SMILES string of the molecule is Cc1ccc(C#N)nc1OC(F)(F)F. The first-order valence-electron chi connectivity index (χ1n) is 3.56. The summed E-state index contributed by atoms with van der Waals surface area (Å²) in [4.78, 5) is 3.37. The summed E-state index contributed by atoms with van der Waals surface area (Å²) < 4.78 is 39.0. The number of rotatable bonds is 1. The van der Waals surface area contributed by atoms with Crippen LogP contribution in [0.15, 0.2) is 12.1 Å². The molecule has 6 heteroatoms. The van der Waals surface area contributed by atoms with Crippen LogP contribution in [0.1, 0.15) is 11.3 Å². The molecule has 0 aromatic carbocycles. The predicted octanol–water partition coefficient (Wildman–Crippen LogP) is 2.16. The summed E-state index contributed by atoms with van der Waals surface area (Å²) in [7, 11) is 0. The number of alkyl halides is 3. The maximum atomic E-state index is 11.8. The van der Waals surface area contributed by atoms with E-state index in [1.165, 1.54) is 19.1 Å². The van der Waals surface area contributed by atoms with Crippen LogP contribution < -0.4 is 4.74 Å². The molecule has 0 aliphatic heterocycles. The molecule has 14 heavy (non-hydrogen) atoms. The molecule has 0 unspecified atom stereocenters. The smallest absolute Gasteiger partial charge is 0.388 e. The Balaban J connectivity index is 3.03. The van der Waals surface area contributed by atoms with Crippen LogP contribution in [0.4, 0.5) is 13.2 Å². The van der Waals surface area contributed by atoms with Crippen molar-refractivity contribution in [2.45, 2.75) is 13.3 Å². The summed E-state index contributed by atoms with van der Waals surface area (Å²) >= 11 is 0. The van der Waals surface area contributed by atoms with E-state index in [1.807, 2.05) is 0 Å². The largest absolute Gasteiger partial charge is 0.574 e. The van der Waals surface area contributed by atoms with Gasteiger partial charge in [-0.25, -0.2) is 4.98 Å². The van der Waals surface area contributed by atoms with Gasteiger partial charge in [-0.05, 0) is 13.0 Å². The van der Waals surface area contributed by atoms with Crippen molar-refractivity contribution in [3.8, 4) is 11.9 Å². The molecule has 1 aromatic rings. The molecule has 0 fully saturated rings. The van der Waals surface area contributed by atoms with Gasteiger partial charge in [0.05, 0.1) is 0 Å². The molecule has 0 atom stereocenters. The first-order chi connectivity index (χ1) is 6.42. The maximum absolute atomic E-state index is 11.8. The molecule has 74 valence electrons. The zero-order chi connectivity index (χ0) is 10.8. The number of nitrogens with zero attached hydrogens (tertiary/aromatic N) is 2. The van der Waals surface area contributed by atoms with E-state index < -0.39 is 12.2 Å². The number of nitriles is 1. The third-order valence-corrected chi connectivity index (χ3v) is 1.38. The van der Waals surface area contributed by atoms with Crippen molar-refractivity contribution in [2.24, 2.45) is 0 Å². The van der Waals surface area contributed by atoms with Gasteiger partial charge in [-0.1, -0.05) is 6.07 Å². The summed E-state index contributed by atoms with van der Waals surface area (Å²) in [6, 6.07) is 4.28. The lowest BCUT2D eigenvalue weighted by Gasteiger charge is -2.09. The molecule has 0 amide bonds. The highest BCUT2D eigenvalue weighted by Gasteiger charge is 2.32. The molecule has 1 heterocycles. The fourth-order valence-corrected chi connectivity index (χ4v) is 0.785. The van der Waals surface area contributed by atoms with E-state index in [1.54, 1.807) is 6.07 Å². The van der Waals surface area contributed by atoms with Crippen molar-refractivity contribution < 1.29 is 17.9 Å². The third-order valence-electron chi connectivity index (χ3n) is 1.38. The van der Waals surface area contributed by atoms with Crippen LogP contribution in [0.25, 0.3) is 0 Å². The van der Waals surface area contributed by atoms with Crippen LogP contribution in [-0.2, 0) is 0 Å². The van der Waals surface area contributed by atoms with Crippen LogP contribution in [0, 0.1) is 18.3 Å². The molecule has 1 aromatic heterocycles. The van der Waals surface area contributed by atoms with E-state index in [2.05, 4.69) is 9.72 Å². The van der Waals surface area contributed by atoms with Gasteiger partial charge in [0.25, 0.3) is 0 Å². The Morgan fingerprint density at radius 3 is 2.57 bits per heavy atom. The molecule has 0 aliphatic carbocycles. The molecule has 0 spiro atoms. The Bertz CT molecular complexity index is 381. The van der Waals surface area contributed by atoms with Crippen LogP contribution in [0.2, 0.25) is 0 Å². The van der Waals surface area contributed by atoms with Gasteiger partial charge in [0.1, 0.15) is 11.8 Å². The summed E-state index contributed by atoms with van der Waals surface area (Å²) in [5, 5.41) is 8.40. The minimum absolute atomic E-state index is 0.116. The van der Waals surface area contributed by atoms with Crippen LogP contribution in [0.3, 0.4) is 0 Å². The predicted molar refractivity (Wildman–Crippen MR) is 40.4 cm³/mol. The Kier molecular flexibility index (Phi) is 2.60. The quantitative estimate of drug-likeness (QED) is 0.700. The highest BCUT2D eigenvalue weighted by Crippen LogP contribution is 2.23. The van der Waals surface area contributed by atoms with Crippen LogP contribution in [-0.4, -0.2) is 11.3 Å². The summed E-state index contributed by atoms with van der Waals surface area (Å²) in [5.74, 6) is -0.587. The first-order valence-corrected chi connectivity index (χ1v) is 3.56. The molecule has 0 saturated carbocycles. The molecule has 1 rings (SSSR count). The number of pyridine rings is 1. The summed E-state index contributed by atoms with van der Waals surface area (Å²) in [6.45, 7) is 1.41. The standard InChI is InChI=1S/C8H5F3N2O/c1-5-2-3-6(4-12)13-7(5)14-8(9,10)11/h2-3H,1H3. The fraction of sp³-hybridized carbons (Fsp3) is 0.250. The summed E-state index contributed by atoms with van der Waals surface area (Å²) in [5.41, 5.74) is 0.108.